The van der Waals surface area contributed by atoms with E-state index in [0.717, 1.165) is 47.7 Å². The Kier molecular flexibility index (Phi) is 8.32. The average Bonchev–Trinajstić information content (AvgIpc) is 3.16. The summed E-state index contributed by atoms with van der Waals surface area (Å²) < 4.78 is 50.1. The second kappa shape index (κ2) is 12.5. The Morgan fingerprint density at radius 2 is 0.982 bits per heavy atom. The van der Waals surface area contributed by atoms with Crippen LogP contribution in [0.3, 0.4) is 0 Å². The molecule has 57 heavy (non-hydrogen) atoms. The van der Waals surface area contributed by atoms with E-state index in [-0.39, 0.29) is 26.7 Å². The first-order valence-corrected chi connectivity index (χ1v) is 21.2. The molecule has 0 aliphatic carbocycles. The van der Waals surface area contributed by atoms with Gasteiger partial charge in [0.15, 0.2) is 19.7 Å². The Morgan fingerprint density at radius 1 is 0.561 bits per heavy atom. The van der Waals surface area contributed by atoms with Gasteiger partial charge in [-0.2, -0.15) is 0 Å². The highest BCUT2D eigenvalue weighted by molar-refractivity contribution is 7.93. The zero-order valence-corrected chi connectivity index (χ0v) is 33.9. The molecule has 0 aromatic heterocycles. The summed E-state index contributed by atoms with van der Waals surface area (Å²) in [6.07, 6.45) is 0.414. The molecule has 0 saturated carbocycles. The van der Waals surface area contributed by atoms with Crippen LogP contribution in [-0.4, -0.2) is 50.5 Å². The lowest BCUT2D eigenvalue weighted by atomic mass is 9.83. The van der Waals surface area contributed by atoms with Crippen LogP contribution in [0.2, 0.25) is 0 Å². The lowest BCUT2D eigenvalue weighted by Gasteiger charge is -2.29. The van der Waals surface area contributed by atoms with Gasteiger partial charge < -0.3 is 0 Å². The van der Waals surface area contributed by atoms with Gasteiger partial charge >= 0.3 is 0 Å². The van der Waals surface area contributed by atoms with Gasteiger partial charge in [-0.25, -0.2) is 26.6 Å². The number of hydrogen-bond acceptors (Lipinski definition) is 8. The van der Waals surface area contributed by atoms with Gasteiger partial charge in [-0.1, -0.05) is 30.3 Å². The maximum Gasteiger partial charge on any atom is 0.265 e. The quantitative estimate of drug-likeness (QED) is 0.0703. The summed E-state index contributed by atoms with van der Waals surface area (Å²) in [5, 5.41) is 5.72. The zero-order chi connectivity index (χ0) is 41.1. The molecule has 0 unspecified atom stereocenters. The second-order valence-corrected chi connectivity index (χ2v) is 21.8. The fraction of sp³-hybridized carbons (Fsp3) is 0.200. The fourth-order valence-corrected chi connectivity index (χ4v) is 10.2. The maximum atomic E-state index is 14.3. The molecule has 4 amide bonds. The number of imide groups is 2. The van der Waals surface area contributed by atoms with Crippen LogP contribution in [0.25, 0.3) is 43.1 Å². The molecule has 10 nitrogen and oxygen atoms in total. The van der Waals surface area contributed by atoms with Gasteiger partial charge in [0.25, 0.3) is 17.7 Å². The molecule has 0 N–H and O–H groups in total. The smallest absolute Gasteiger partial charge is 0.265 e. The van der Waals surface area contributed by atoms with Gasteiger partial charge in [0.2, 0.25) is 6.41 Å². The molecule has 0 spiro atoms. The molecule has 8 rings (SSSR count). The van der Waals surface area contributed by atoms with E-state index < -0.39 is 46.9 Å². The molecular formula is C45H38N2O8S2. The van der Waals surface area contributed by atoms with Crippen molar-refractivity contribution < 1.29 is 36.0 Å². The first-order valence-electron chi connectivity index (χ1n) is 18.2. The van der Waals surface area contributed by atoms with Crippen molar-refractivity contribution in [2.24, 2.45) is 0 Å². The van der Waals surface area contributed by atoms with Crippen molar-refractivity contribution in [1.82, 2.24) is 0 Å². The van der Waals surface area contributed by atoms with Crippen LogP contribution in [0.5, 0.6) is 0 Å². The Hall–Kier alpha value is -5.98. The van der Waals surface area contributed by atoms with E-state index in [2.05, 4.69) is 0 Å². The molecule has 0 radical (unpaired) electrons. The Bertz CT molecular complexity index is 3070. The predicted molar refractivity (Wildman–Crippen MR) is 223 cm³/mol. The van der Waals surface area contributed by atoms with E-state index in [1.54, 1.807) is 65.8 Å². The topological polar surface area (TPSA) is 143 Å². The first-order chi connectivity index (χ1) is 26.7. The van der Waals surface area contributed by atoms with Crippen molar-refractivity contribution >= 4 is 98.3 Å². The standard InChI is InChI=1S/C45H38N2O8S2/c1-25-8-17-30-32-19-22-35-40-36(43(51)47(42(35)50)27-11-15-29(16-12-27)57(54,55)45(5,6)7)23-20-33(39(32)40)31-18-21-34(37(25)38(30)31)41(49)46(24-48)26-9-13-28(14-10-26)56(52,53)44(2,3)4/h8-24H,1-7H3. The first kappa shape index (κ1) is 37.9. The van der Waals surface area contributed by atoms with E-state index in [1.165, 1.54) is 48.5 Å². The van der Waals surface area contributed by atoms with Gasteiger partial charge in [-0.15, -0.1) is 0 Å². The Labute approximate surface area is 329 Å². The number of anilines is 2. The van der Waals surface area contributed by atoms with Crippen molar-refractivity contribution in [2.45, 2.75) is 67.8 Å². The van der Waals surface area contributed by atoms with Crippen molar-refractivity contribution in [1.29, 1.82) is 0 Å². The molecule has 12 heteroatoms. The Balaban J connectivity index is 1.25. The van der Waals surface area contributed by atoms with Crippen LogP contribution >= 0.6 is 0 Å². The highest BCUT2D eigenvalue weighted by atomic mass is 32.2. The van der Waals surface area contributed by atoms with E-state index in [0.29, 0.717) is 28.3 Å². The number of aryl methyl sites for hydroxylation is 1. The Morgan fingerprint density at radius 3 is 1.44 bits per heavy atom. The molecule has 0 bridgehead atoms. The lowest BCUT2D eigenvalue weighted by molar-refractivity contribution is -0.106. The molecule has 7 aromatic carbocycles. The van der Waals surface area contributed by atoms with Gasteiger partial charge in [-0.3, -0.25) is 19.2 Å². The largest absolute Gasteiger partial charge is 0.278 e. The monoisotopic (exact) mass is 798 g/mol. The number of rotatable bonds is 6. The fourth-order valence-electron chi connectivity index (χ4n) is 7.79. The number of amides is 4. The predicted octanol–water partition coefficient (Wildman–Crippen LogP) is 8.79. The van der Waals surface area contributed by atoms with Crippen LogP contribution in [0.1, 0.15) is 78.2 Å². The molecular weight excluding hydrogens is 761 g/mol. The molecule has 1 aliphatic rings. The van der Waals surface area contributed by atoms with Gasteiger partial charge in [-0.05, 0) is 158 Å². The van der Waals surface area contributed by atoms with Crippen molar-refractivity contribution in [2.75, 3.05) is 9.80 Å². The van der Waals surface area contributed by atoms with E-state index in [1.807, 2.05) is 31.2 Å². The summed E-state index contributed by atoms with van der Waals surface area (Å²) in [7, 11) is -7.33. The summed E-state index contributed by atoms with van der Waals surface area (Å²) in [5.41, 5.74) is 2.14. The summed E-state index contributed by atoms with van der Waals surface area (Å²) in [6, 6.07) is 25.8. The van der Waals surface area contributed by atoms with Gasteiger partial charge in [0, 0.05) is 22.1 Å². The number of carbonyl (C=O) groups is 4. The molecule has 0 saturated heterocycles. The number of sulfone groups is 2. The van der Waals surface area contributed by atoms with Crippen LogP contribution in [-0.2, 0) is 24.5 Å². The average molecular weight is 799 g/mol. The number of hydrogen-bond donors (Lipinski definition) is 0. The highest BCUT2D eigenvalue weighted by Gasteiger charge is 2.37. The molecule has 7 aromatic rings. The number of benzene rings is 7. The SMILES string of the molecule is Cc1ccc2c3ccc4c5c(ccc(c6ccc(C(=O)N(C=O)c7ccc(S(=O)(=O)C(C)(C)C)cc7)c1c26)c53)C(=O)N(c1ccc(S(=O)(=O)C(C)(C)C)cc1)C4=O. The van der Waals surface area contributed by atoms with E-state index in [4.69, 9.17) is 0 Å². The van der Waals surface area contributed by atoms with E-state index >= 15 is 0 Å². The highest BCUT2D eigenvalue weighted by Crippen LogP contribution is 2.46. The zero-order valence-electron chi connectivity index (χ0n) is 32.3. The number of carbonyl (C=O) groups excluding carboxylic acids is 4. The van der Waals surface area contributed by atoms with Crippen molar-refractivity contribution in [3.8, 4) is 0 Å². The second-order valence-electron chi connectivity index (χ2n) is 16.4. The third kappa shape index (κ3) is 5.41. The molecule has 1 aliphatic heterocycles. The number of nitrogens with zero attached hydrogens (tertiary/aromatic N) is 2. The van der Waals surface area contributed by atoms with Crippen LogP contribution in [0.15, 0.2) is 107 Å². The van der Waals surface area contributed by atoms with Crippen LogP contribution < -0.4 is 9.80 Å². The van der Waals surface area contributed by atoms with E-state index in [9.17, 15) is 36.0 Å². The molecule has 0 atom stereocenters. The van der Waals surface area contributed by atoms with Crippen LogP contribution in [0, 0.1) is 6.92 Å². The summed E-state index contributed by atoms with van der Waals surface area (Å²) in [6.45, 7) is 11.5. The summed E-state index contributed by atoms with van der Waals surface area (Å²) in [4.78, 5) is 57.4. The summed E-state index contributed by atoms with van der Waals surface area (Å²) >= 11 is 0. The minimum Gasteiger partial charge on any atom is -0.278 e. The minimum absolute atomic E-state index is 0.0762. The maximum absolute atomic E-state index is 14.3. The van der Waals surface area contributed by atoms with Gasteiger partial charge in [0.05, 0.1) is 30.7 Å². The lowest BCUT2D eigenvalue weighted by Crippen LogP contribution is -2.40. The summed E-state index contributed by atoms with van der Waals surface area (Å²) in [5.74, 6) is -1.68. The molecule has 1 heterocycles. The van der Waals surface area contributed by atoms with Gasteiger partial charge in [0.1, 0.15) is 0 Å². The van der Waals surface area contributed by atoms with Crippen LogP contribution in [0.4, 0.5) is 11.4 Å². The number of fused-ring (bicyclic) bond motifs is 2. The third-order valence-corrected chi connectivity index (χ3v) is 16.0. The van der Waals surface area contributed by atoms with Crippen molar-refractivity contribution in [3.63, 3.8) is 0 Å². The normalized spacial score (nSPS) is 14.0. The third-order valence-electron chi connectivity index (χ3n) is 11.0. The molecule has 0 fully saturated rings. The molecule has 288 valence electrons. The van der Waals surface area contributed by atoms with Crippen molar-refractivity contribution in [3.05, 3.63) is 119 Å². The minimum atomic E-state index is -3.66.